The Morgan fingerprint density at radius 2 is 2.00 bits per heavy atom. The second-order valence-electron chi connectivity index (χ2n) is 4.63. The van der Waals surface area contributed by atoms with Gasteiger partial charge < -0.3 is 10.4 Å². The lowest BCUT2D eigenvalue weighted by Gasteiger charge is -2.10. The second kappa shape index (κ2) is 4.98. The summed E-state index contributed by atoms with van der Waals surface area (Å²) in [7, 11) is 0. The number of benzene rings is 2. The van der Waals surface area contributed by atoms with E-state index < -0.39 is 5.97 Å². The Morgan fingerprint density at radius 1 is 1.15 bits per heavy atom. The Bertz CT molecular complexity index is 792. The fraction of sp³-hybridized carbons (Fsp3) is 0.0625. The third-order valence-corrected chi connectivity index (χ3v) is 4.10. The highest BCUT2D eigenvalue weighted by Gasteiger charge is 2.06. The quantitative estimate of drug-likeness (QED) is 0.735. The molecule has 3 rings (SSSR count). The molecule has 0 spiro atoms. The molecule has 3 nitrogen and oxygen atoms in total. The first-order chi connectivity index (χ1) is 9.63. The summed E-state index contributed by atoms with van der Waals surface area (Å²) in [5.74, 6) is -0.903. The minimum absolute atomic E-state index is 0.307. The van der Waals surface area contributed by atoms with Gasteiger partial charge in [0.2, 0.25) is 0 Å². The van der Waals surface area contributed by atoms with Gasteiger partial charge in [-0.2, -0.15) is 0 Å². The number of fused-ring (bicyclic) bond motifs is 1. The van der Waals surface area contributed by atoms with Gasteiger partial charge >= 0.3 is 5.97 Å². The lowest BCUT2D eigenvalue weighted by atomic mass is 10.1. The summed E-state index contributed by atoms with van der Waals surface area (Å²) < 4.78 is 1.26. The van der Waals surface area contributed by atoms with Crippen LogP contribution >= 0.6 is 11.3 Å². The van der Waals surface area contributed by atoms with Crippen molar-refractivity contribution in [3.63, 3.8) is 0 Å². The fourth-order valence-electron chi connectivity index (χ4n) is 2.14. The van der Waals surface area contributed by atoms with Crippen molar-refractivity contribution >= 4 is 38.8 Å². The highest BCUT2D eigenvalue weighted by atomic mass is 32.1. The molecule has 3 aromatic rings. The molecule has 0 saturated carbocycles. The maximum absolute atomic E-state index is 10.9. The number of nitrogens with one attached hydrogen (secondary N) is 1. The Balaban J connectivity index is 1.92. The number of aryl methyl sites for hydroxylation is 1. The Labute approximate surface area is 120 Å². The van der Waals surface area contributed by atoms with Gasteiger partial charge in [0.25, 0.3) is 0 Å². The first kappa shape index (κ1) is 12.7. The van der Waals surface area contributed by atoms with Crippen LogP contribution in [0.4, 0.5) is 11.4 Å². The molecule has 0 aliphatic heterocycles. The van der Waals surface area contributed by atoms with Crippen LogP contribution in [0.25, 0.3) is 10.1 Å². The maximum Gasteiger partial charge on any atom is 0.335 e. The highest BCUT2D eigenvalue weighted by molar-refractivity contribution is 7.17. The molecule has 2 aromatic carbocycles. The molecule has 20 heavy (non-hydrogen) atoms. The molecule has 0 radical (unpaired) electrons. The van der Waals surface area contributed by atoms with Crippen LogP contribution in [0.1, 0.15) is 15.9 Å². The van der Waals surface area contributed by atoms with Crippen molar-refractivity contribution in [3.05, 3.63) is 59.0 Å². The summed E-state index contributed by atoms with van der Waals surface area (Å²) >= 11 is 1.72. The number of hydrogen-bond donors (Lipinski definition) is 2. The highest BCUT2D eigenvalue weighted by Crippen LogP contribution is 2.27. The number of hydrogen-bond acceptors (Lipinski definition) is 3. The fourth-order valence-corrected chi connectivity index (χ4v) is 2.91. The van der Waals surface area contributed by atoms with Crippen molar-refractivity contribution in [3.8, 4) is 0 Å². The number of carboxylic acids is 1. The van der Waals surface area contributed by atoms with E-state index in [4.69, 9.17) is 5.11 Å². The summed E-state index contributed by atoms with van der Waals surface area (Å²) in [4.78, 5) is 10.9. The summed E-state index contributed by atoms with van der Waals surface area (Å²) in [6.45, 7) is 1.90. The average molecular weight is 283 g/mol. The molecule has 2 N–H and O–H groups in total. The maximum atomic E-state index is 10.9. The van der Waals surface area contributed by atoms with Crippen LogP contribution in [0.5, 0.6) is 0 Å². The molecule has 0 saturated heterocycles. The minimum atomic E-state index is -0.903. The van der Waals surface area contributed by atoms with Crippen LogP contribution < -0.4 is 5.32 Å². The van der Waals surface area contributed by atoms with E-state index in [1.54, 1.807) is 29.5 Å². The third kappa shape index (κ3) is 2.38. The van der Waals surface area contributed by atoms with Crippen molar-refractivity contribution in [1.82, 2.24) is 0 Å². The van der Waals surface area contributed by atoms with E-state index in [9.17, 15) is 4.79 Å². The summed E-state index contributed by atoms with van der Waals surface area (Å²) in [5.41, 5.74) is 3.14. The molecule has 0 atom stereocenters. The molecular weight excluding hydrogens is 270 g/mol. The number of carbonyl (C=O) groups is 1. The van der Waals surface area contributed by atoms with Gasteiger partial charge in [-0.1, -0.05) is 0 Å². The molecular formula is C16H13NO2S. The molecule has 4 heteroatoms. The number of aromatic carboxylic acids is 1. The Morgan fingerprint density at radius 3 is 2.75 bits per heavy atom. The van der Waals surface area contributed by atoms with Gasteiger partial charge in [0.15, 0.2) is 0 Å². The zero-order valence-corrected chi connectivity index (χ0v) is 11.7. The van der Waals surface area contributed by atoms with Gasteiger partial charge in [0.05, 0.1) is 5.56 Å². The summed E-state index contributed by atoms with van der Waals surface area (Å²) in [6.07, 6.45) is 0. The van der Waals surface area contributed by atoms with Gasteiger partial charge in [-0.05, 0) is 65.7 Å². The predicted octanol–water partition coefficient (Wildman–Crippen LogP) is 4.65. The molecule has 0 fully saturated rings. The summed E-state index contributed by atoms with van der Waals surface area (Å²) in [6, 6.07) is 13.4. The normalized spacial score (nSPS) is 10.7. The molecule has 1 aromatic heterocycles. The van der Waals surface area contributed by atoms with Crippen molar-refractivity contribution in [2.24, 2.45) is 0 Å². The van der Waals surface area contributed by atoms with Crippen LogP contribution in [0, 0.1) is 6.92 Å². The van der Waals surface area contributed by atoms with E-state index in [2.05, 4.69) is 28.9 Å². The van der Waals surface area contributed by atoms with E-state index in [1.165, 1.54) is 10.1 Å². The number of carboxylic acid groups (broad SMARTS) is 1. The molecule has 0 bridgehead atoms. The lowest BCUT2D eigenvalue weighted by Crippen LogP contribution is -1.99. The molecule has 0 aliphatic carbocycles. The van der Waals surface area contributed by atoms with Crippen molar-refractivity contribution in [2.45, 2.75) is 6.92 Å². The molecule has 1 heterocycles. The van der Waals surface area contributed by atoms with Crippen LogP contribution in [-0.2, 0) is 0 Å². The van der Waals surface area contributed by atoms with Gasteiger partial charge in [0, 0.05) is 16.1 Å². The molecule has 0 aliphatic rings. The van der Waals surface area contributed by atoms with Crippen molar-refractivity contribution < 1.29 is 9.90 Å². The van der Waals surface area contributed by atoms with Crippen LogP contribution in [-0.4, -0.2) is 11.1 Å². The topological polar surface area (TPSA) is 49.3 Å². The summed E-state index contributed by atoms with van der Waals surface area (Å²) in [5, 5.41) is 15.6. The third-order valence-electron chi connectivity index (χ3n) is 3.20. The number of anilines is 2. The Hall–Kier alpha value is -2.33. The average Bonchev–Trinajstić information content (AvgIpc) is 2.88. The van der Waals surface area contributed by atoms with E-state index in [-0.39, 0.29) is 0 Å². The molecule has 0 amide bonds. The van der Waals surface area contributed by atoms with Crippen molar-refractivity contribution in [1.29, 1.82) is 0 Å². The van der Waals surface area contributed by atoms with E-state index in [0.717, 1.165) is 16.9 Å². The zero-order valence-electron chi connectivity index (χ0n) is 10.9. The zero-order chi connectivity index (χ0) is 14.1. The second-order valence-corrected chi connectivity index (χ2v) is 5.58. The van der Waals surface area contributed by atoms with E-state index >= 15 is 0 Å². The largest absolute Gasteiger partial charge is 0.478 e. The van der Waals surface area contributed by atoms with Gasteiger partial charge in [-0.3, -0.25) is 0 Å². The molecule has 100 valence electrons. The van der Waals surface area contributed by atoms with E-state index in [0.29, 0.717) is 5.56 Å². The number of thiophene rings is 1. The van der Waals surface area contributed by atoms with Crippen LogP contribution in [0.2, 0.25) is 0 Å². The minimum Gasteiger partial charge on any atom is -0.478 e. The van der Waals surface area contributed by atoms with Gasteiger partial charge in [-0.25, -0.2) is 4.79 Å². The standard InChI is InChI=1S/C16H13NO2S/c1-10-8-12(16(18)19)2-4-14(10)17-13-3-5-15-11(9-13)6-7-20-15/h2-9,17H,1H3,(H,18,19). The van der Waals surface area contributed by atoms with Crippen molar-refractivity contribution in [2.75, 3.05) is 5.32 Å². The Kier molecular flexibility index (Phi) is 3.16. The predicted molar refractivity (Wildman–Crippen MR) is 83.2 cm³/mol. The lowest BCUT2D eigenvalue weighted by molar-refractivity contribution is 0.0697. The number of rotatable bonds is 3. The molecule has 0 unspecified atom stereocenters. The van der Waals surface area contributed by atoms with E-state index in [1.807, 2.05) is 13.0 Å². The first-order valence-corrected chi connectivity index (χ1v) is 7.10. The smallest absolute Gasteiger partial charge is 0.335 e. The van der Waals surface area contributed by atoms with Gasteiger partial charge in [-0.15, -0.1) is 11.3 Å². The van der Waals surface area contributed by atoms with Crippen LogP contribution in [0.3, 0.4) is 0 Å². The van der Waals surface area contributed by atoms with Gasteiger partial charge in [0.1, 0.15) is 0 Å². The van der Waals surface area contributed by atoms with Crippen LogP contribution in [0.15, 0.2) is 47.8 Å². The SMILES string of the molecule is Cc1cc(C(=O)O)ccc1Nc1ccc2sccc2c1. The first-order valence-electron chi connectivity index (χ1n) is 6.22. The monoisotopic (exact) mass is 283 g/mol.